The van der Waals surface area contributed by atoms with Gasteiger partial charge < -0.3 is 19.8 Å². The number of anilines is 1. The number of hydrogen-bond acceptors (Lipinski definition) is 4. The molecule has 0 amide bonds. The molecule has 0 saturated carbocycles. The van der Waals surface area contributed by atoms with Gasteiger partial charge in [0, 0.05) is 25.0 Å². The molecule has 0 unspecified atom stereocenters. The van der Waals surface area contributed by atoms with Crippen molar-refractivity contribution in [2.24, 2.45) is 0 Å². The van der Waals surface area contributed by atoms with E-state index in [0.717, 1.165) is 22.8 Å². The van der Waals surface area contributed by atoms with Crippen molar-refractivity contribution in [3.63, 3.8) is 0 Å². The van der Waals surface area contributed by atoms with Crippen LogP contribution < -0.4 is 14.4 Å². The third-order valence-corrected chi connectivity index (χ3v) is 2.83. The number of benzene rings is 1. The highest BCUT2D eigenvalue weighted by Crippen LogP contribution is 2.33. The van der Waals surface area contributed by atoms with Crippen molar-refractivity contribution >= 4 is 11.9 Å². The van der Waals surface area contributed by atoms with Gasteiger partial charge in [0.15, 0.2) is 0 Å². The van der Waals surface area contributed by atoms with Crippen LogP contribution in [0.4, 0.5) is 5.69 Å². The molecule has 1 N–H and O–H groups in total. The fraction of sp³-hybridized carbons (Fsp3) is 0.214. The van der Waals surface area contributed by atoms with Gasteiger partial charge in [-0.25, -0.2) is 0 Å². The fourth-order valence-electron chi connectivity index (χ4n) is 1.82. The molecule has 1 aliphatic rings. The monoisotopic (exact) mass is 244 g/mol. The average Bonchev–Trinajstić information content (AvgIpc) is 2.46. The summed E-state index contributed by atoms with van der Waals surface area (Å²) in [5, 5.41) is 7.20. The second-order valence-electron chi connectivity index (χ2n) is 3.85. The molecular weight excluding hydrogens is 228 g/mol. The van der Waals surface area contributed by atoms with Crippen molar-refractivity contribution in [3.05, 3.63) is 42.1 Å². The lowest BCUT2D eigenvalue weighted by Gasteiger charge is -2.24. The zero-order valence-electron chi connectivity index (χ0n) is 10.5. The van der Waals surface area contributed by atoms with Crippen molar-refractivity contribution in [2.45, 2.75) is 0 Å². The quantitative estimate of drug-likeness (QED) is 0.828. The molecule has 1 aromatic carbocycles. The van der Waals surface area contributed by atoms with Crippen LogP contribution in [0, 0.1) is 5.41 Å². The fourth-order valence-corrected chi connectivity index (χ4v) is 1.82. The topological polar surface area (TPSA) is 45.6 Å². The molecule has 0 radical (unpaired) electrons. The van der Waals surface area contributed by atoms with E-state index in [0.29, 0.717) is 6.54 Å². The Labute approximate surface area is 107 Å². The third kappa shape index (κ3) is 2.37. The summed E-state index contributed by atoms with van der Waals surface area (Å²) in [6.45, 7) is 0.713. The second kappa shape index (κ2) is 5.40. The van der Waals surface area contributed by atoms with Gasteiger partial charge in [-0.3, -0.25) is 0 Å². The molecule has 0 saturated heterocycles. The molecule has 0 spiro atoms. The SMILES string of the molecule is COc1ccc(OC)c(N2C=CC(C=N)=CC2)c1. The number of rotatable bonds is 4. The summed E-state index contributed by atoms with van der Waals surface area (Å²) in [5.74, 6) is 1.59. The third-order valence-electron chi connectivity index (χ3n) is 2.83. The van der Waals surface area contributed by atoms with Gasteiger partial charge in [-0.15, -0.1) is 0 Å². The highest BCUT2D eigenvalue weighted by Gasteiger charge is 2.12. The summed E-state index contributed by atoms with van der Waals surface area (Å²) in [7, 11) is 3.29. The van der Waals surface area contributed by atoms with Crippen LogP contribution in [0.3, 0.4) is 0 Å². The first kappa shape index (κ1) is 12.2. The minimum atomic E-state index is 0.713. The second-order valence-corrected chi connectivity index (χ2v) is 3.85. The van der Waals surface area contributed by atoms with Crippen LogP contribution >= 0.6 is 0 Å². The van der Waals surface area contributed by atoms with Gasteiger partial charge in [-0.2, -0.15) is 0 Å². The zero-order chi connectivity index (χ0) is 13.0. The van der Waals surface area contributed by atoms with Crippen LogP contribution in [0.5, 0.6) is 11.5 Å². The Balaban J connectivity index is 2.31. The Bertz CT molecular complexity index is 507. The van der Waals surface area contributed by atoms with Crippen LogP contribution in [-0.4, -0.2) is 27.0 Å². The first-order valence-electron chi connectivity index (χ1n) is 5.66. The molecule has 1 aromatic rings. The highest BCUT2D eigenvalue weighted by atomic mass is 16.5. The molecular formula is C14H16N2O2. The molecule has 0 bridgehead atoms. The summed E-state index contributed by atoms with van der Waals surface area (Å²) in [6.07, 6.45) is 7.18. The van der Waals surface area contributed by atoms with Crippen LogP contribution in [0.15, 0.2) is 42.1 Å². The van der Waals surface area contributed by atoms with Crippen molar-refractivity contribution in [1.29, 1.82) is 5.41 Å². The largest absolute Gasteiger partial charge is 0.497 e. The Hall–Kier alpha value is -2.23. The maximum atomic E-state index is 7.20. The van der Waals surface area contributed by atoms with Crippen LogP contribution in [-0.2, 0) is 0 Å². The molecule has 2 rings (SSSR count). The standard InChI is InChI=1S/C14H16N2O2/c1-17-12-3-4-14(18-2)13(9-12)16-7-5-11(10-15)6-8-16/h3-7,9-10,15H,8H2,1-2H3. The van der Waals surface area contributed by atoms with E-state index in [1.165, 1.54) is 6.21 Å². The summed E-state index contributed by atoms with van der Waals surface area (Å²) in [6, 6.07) is 5.69. The minimum Gasteiger partial charge on any atom is -0.497 e. The maximum Gasteiger partial charge on any atom is 0.142 e. The van der Waals surface area contributed by atoms with Gasteiger partial charge in [0.25, 0.3) is 0 Å². The molecule has 94 valence electrons. The molecule has 1 aliphatic heterocycles. The summed E-state index contributed by atoms with van der Waals surface area (Å²) < 4.78 is 10.6. The van der Waals surface area contributed by atoms with E-state index < -0.39 is 0 Å². The Morgan fingerprint density at radius 1 is 1.28 bits per heavy atom. The lowest BCUT2D eigenvalue weighted by molar-refractivity contribution is 0.403. The molecule has 0 aromatic heterocycles. The minimum absolute atomic E-state index is 0.713. The number of hydrogen-bond donors (Lipinski definition) is 1. The van der Waals surface area contributed by atoms with E-state index in [4.69, 9.17) is 14.9 Å². The van der Waals surface area contributed by atoms with Gasteiger partial charge in [0.1, 0.15) is 11.5 Å². The van der Waals surface area contributed by atoms with Crippen LogP contribution in [0.2, 0.25) is 0 Å². The van der Waals surface area contributed by atoms with Gasteiger partial charge in [0.2, 0.25) is 0 Å². The van der Waals surface area contributed by atoms with E-state index >= 15 is 0 Å². The number of methoxy groups -OCH3 is 2. The maximum absolute atomic E-state index is 7.20. The van der Waals surface area contributed by atoms with Gasteiger partial charge in [0.05, 0.1) is 19.9 Å². The van der Waals surface area contributed by atoms with Gasteiger partial charge >= 0.3 is 0 Å². The number of nitrogens with zero attached hydrogens (tertiary/aromatic N) is 1. The molecule has 4 nitrogen and oxygen atoms in total. The van der Waals surface area contributed by atoms with E-state index in [1.54, 1.807) is 14.2 Å². The summed E-state index contributed by atoms with van der Waals surface area (Å²) in [4.78, 5) is 2.05. The predicted molar refractivity (Wildman–Crippen MR) is 72.9 cm³/mol. The van der Waals surface area contributed by atoms with E-state index in [-0.39, 0.29) is 0 Å². The first-order valence-corrected chi connectivity index (χ1v) is 5.66. The van der Waals surface area contributed by atoms with Crippen molar-refractivity contribution < 1.29 is 9.47 Å². The molecule has 0 atom stereocenters. The number of ether oxygens (including phenoxy) is 2. The number of nitrogens with one attached hydrogen (secondary N) is 1. The van der Waals surface area contributed by atoms with E-state index in [2.05, 4.69) is 0 Å². The number of allylic oxidation sites excluding steroid dienone is 2. The summed E-state index contributed by atoms with van der Waals surface area (Å²) >= 11 is 0. The van der Waals surface area contributed by atoms with Crippen molar-refractivity contribution in [2.75, 3.05) is 25.7 Å². The Morgan fingerprint density at radius 2 is 2.11 bits per heavy atom. The Kier molecular flexibility index (Phi) is 3.67. The highest BCUT2D eigenvalue weighted by molar-refractivity contribution is 5.81. The average molecular weight is 244 g/mol. The van der Waals surface area contributed by atoms with E-state index in [9.17, 15) is 0 Å². The summed E-state index contributed by atoms with van der Waals surface area (Å²) in [5.41, 5.74) is 1.86. The van der Waals surface area contributed by atoms with Gasteiger partial charge in [-0.1, -0.05) is 6.08 Å². The lowest BCUT2D eigenvalue weighted by atomic mass is 10.2. The van der Waals surface area contributed by atoms with Crippen LogP contribution in [0.1, 0.15) is 0 Å². The van der Waals surface area contributed by atoms with Crippen molar-refractivity contribution in [1.82, 2.24) is 0 Å². The molecule has 0 aliphatic carbocycles. The normalized spacial score (nSPS) is 14.1. The van der Waals surface area contributed by atoms with Crippen molar-refractivity contribution in [3.8, 4) is 11.5 Å². The molecule has 0 fully saturated rings. The molecule has 18 heavy (non-hydrogen) atoms. The first-order chi connectivity index (χ1) is 8.78. The van der Waals surface area contributed by atoms with Crippen LogP contribution in [0.25, 0.3) is 0 Å². The zero-order valence-corrected chi connectivity index (χ0v) is 10.5. The predicted octanol–water partition coefficient (Wildman–Crippen LogP) is 2.61. The molecule has 1 heterocycles. The Morgan fingerprint density at radius 3 is 2.67 bits per heavy atom. The lowest BCUT2D eigenvalue weighted by Crippen LogP contribution is -2.19. The molecule has 4 heteroatoms. The van der Waals surface area contributed by atoms with Gasteiger partial charge in [-0.05, 0) is 23.8 Å². The van der Waals surface area contributed by atoms with E-state index in [1.807, 2.05) is 41.5 Å². The smallest absolute Gasteiger partial charge is 0.142 e.